The monoisotopic (exact) mass is 338 g/mol. The van der Waals surface area contributed by atoms with Gasteiger partial charge in [-0.25, -0.2) is 4.98 Å². The van der Waals surface area contributed by atoms with Crippen molar-refractivity contribution in [3.05, 3.63) is 53.1 Å². The van der Waals surface area contributed by atoms with E-state index >= 15 is 0 Å². The number of aryl methyl sites for hydroxylation is 1. The molecule has 0 amide bonds. The van der Waals surface area contributed by atoms with Gasteiger partial charge in [-0.15, -0.1) is 10.2 Å². The van der Waals surface area contributed by atoms with E-state index < -0.39 is 0 Å². The van der Waals surface area contributed by atoms with Gasteiger partial charge in [0.05, 0.1) is 12.6 Å². The predicted molar refractivity (Wildman–Crippen MR) is 94.8 cm³/mol. The Morgan fingerprint density at radius 3 is 2.79 bits per heavy atom. The summed E-state index contributed by atoms with van der Waals surface area (Å²) >= 11 is 6.05. The summed E-state index contributed by atoms with van der Waals surface area (Å²) in [5.74, 6) is 0.850. The number of methoxy groups -OCH3 is 1. The lowest BCUT2D eigenvalue weighted by Crippen LogP contribution is -1.97. The van der Waals surface area contributed by atoms with Crippen LogP contribution in [0.5, 0.6) is 5.75 Å². The molecule has 4 aromatic rings. The van der Waals surface area contributed by atoms with Crippen molar-refractivity contribution in [1.29, 1.82) is 0 Å². The van der Waals surface area contributed by atoms with E-state index in [1.807, 2.05) is 16.5 Å². The number of benzene rings is 1. The normalized spacial score (nSPS) is 11.3. The lowest BCUT2D eigenvalue weighted by molar-refractivity contribution is 0.412. The topological polar surface area (TPSA) is 52.3 Å². The lowest BCUT2D eigenvalue weighted by Gasteiger charge is -2.15. The van der Waals surface area contributed by atoms with Gasteiger partial charge >= 0.3 is 0 Å². The quantitative estimate of drug-likeness (QED) is 0.513. The first kappa shape index (κ1) is 14.9. The summed E-state index contributed by atoms with van der Waals surface area (Å²) in [5, 5.41) is 9.83. The minimum atomic E-state index is 0.444. The zero-order valence-corrected chi connectivity index (χ0v) is 14.3. The number of ether oxygens (including phenoxy) is 1. The highest BCUT2D eigenvalue weighted by Gasteiger charge is 2.16. The molecule has 0 aliphatic carbocycles. The van der Waals surface area contributed by atoms with Gasteiger partial charge in [-0.2, -0.15) is 0 Å². The Balaban J connectivity index is 2.14. The molecule has 24 heavy (non-hydrogen) atoms. The summed E-state index contributed by atoms with van der Waals surface area (Å²) in [6.45, 7) is 4.14. The predicted octanol–water partition coefficient (Wildman–Crippen LogP) is 4.22. The van der Waals surface area contributed by atoms with Crippen LogP contribution in [0.3, 0.4) is 0 Å². The van der Waals surface area contributed by atoms with E-state index in [0.29, 0.717) is 5.15 Å². The molecule has 0 radical (unpaired) electrons. The molecule has 0 saturated heterocycles. The van der Waals surface area contributed by atoms with Crippen molar-refractivity contribution >= 4 is 28.2 Å². The van der Waals surface area contributed by atoms with Crippen LogP contribution in [0.4, 0.5) is 0 Å². The van der Waals surface area contributed by atoms with Crippen molar-refractivity contribution < 1.29 is 4.74 Å². The number of halogens is 1. The Hall–Kier alpha value is -2.66. The molecule has 0 aliphatic heterocycles. The highest BCUT2D eigenvalue weighted by Crippen LogP contribution is 2.36. The standard InChI is InChI=1S/C18H15ClN4O/c1-10-4-5-15(24-3)11(2)17(10)13-6-12-8-20-16(19)7-14(12)23-9-21-22-18(13)23/h4-9H,1-3H3. The van der Waals surface area contributed by atoms with Crippen LogP contribution in [0, 0.1) is 13.8 Å². The first-order valence-corrected chi connectivity index (χ1v) is 7.90. The van der Waals surface area contributed by atoms with Crippen LogP contribution in [0.1, 0.15) is 11.1 Å². The molecule has 5 nitrogen and oxygen atoms in total. The van der Waals surface area contributed by atoms with Gasteiger partial charge in [-0.1, -0.05) is 17.7 Å². The number of rotatable bonds is 2. The van der Waals surface area contributed by atoms with Gasteiger partial charge < -0.3 is 4.74 Å². The maximum absolute atomic E-state index is 6.05. The van der Waals surface area contributed by atoms with E-state index in [1.165, 1.54) is 0 Å². The van der Waals surface area contributed by atoms with Crippen molar-refractivity contribution in [2.24, 2.45) is 0 Å². The summed E-state index contributed by atoms with van der Waals surface area (Å²) < 4.78 is 7.43. The summed E-state index contributed by atoms with van der Waals surface area (Å²) in [5.41, 5.74) is 6.03. The summed E-state index contributed by atoms with van der Waals surface area (Å²) in [6, 6.07) is 7.94. The van der Waals surface area contributed by atoms with Crippen LogP contribution in [0.25, 0.3) is 27.7 Å². The molecule has 0 spiro atoms. The Kier molecular flexibility index (Phi) is 3.39. The Morgan fingerprint density at radius 2 is 2.00 bits per heavy atom. The second kappa shape index (κ2) is 5.46. The third-order valence-corrected chi connectivity index (χ3v) is 4.55. The molecule has 0 unspecified atom stereocenters. The molecule has 0 N–H and O–H groups in total. The van der Waals surface area contributed by atoms with Crippen LogP contribution in [-0.2, 0) is 0 Å². The molecular weight excluding hydrogens is 324 g/mol. The first-order valence-electron chi connectivity index (χ1n) is 7.52. The number of nitrogens with zero attached hydrogens (tertiary/aromatic N) is 4. The fourth-order valence-electron chi connectivity index (χ4n) is 3.21. The third kappa shape index (κ3) is 2.12. The van der Waals surface area contributed by atoms with Crippen molar-refractivity contribution in [1.82, 2.24) is 19.6 Å². The van der Waals surface area contributed by atoms with Gasteiger partial charge in [0, 0.05) is 23.2 Å². The molecule has 0 bridgehead atoms. The second-order valence-electron chi connectivity index (χ2n) is 5.73. The van der Waals surface area contributed by atoms with Gasteiger partial charge in [0.1, 0.15) is 17.2 Å². The van der Waals surface area contributed by atoms with Gasteiger partial charge in [0.25, 0.3) is 0 Å². The van der Waals surface area contributed by atoms with Crippen LogP contribution < -0.4 is 4.74 Å². The summed E-state index contributed by atoms with van der Waals surface area (Å²) in [7, 11) is 1.68. The van der Waals surface area contributed by atoms with E-state index in [-0.39, 0.29) is 0 Å². The largest absolute Gasteiger partial charge is 0.496 e. The molecule has 1 aromatic carbocycles. The molecule has 0 fully saturated rings. The van der Waals surface area contributed by atoms with Crippen LogP contribution in [0.15, 0.2) is 36.8 Å². The highest BCUT2D eigenvalue weighted by molar-refractivity contribution is 6.30. The van der Waals surface area contributed by atoms with Crippen molar-refractivity contribution in [3.8, 4) is 16.9 Å². The molecular formula is C18H15ClN4O. The average Bonchev–Trinajstić information content (AvgIpc) is 3.05. The zero-order valence-electron chi connectivity index (χ0n) is 13.5. The Bertz CT molecular complexity index is 1090. The molecule has 3 aromatic heterocycles. The number of aromatic nitrogens is 4. The summed E-state index contributed by atoms with van der Waals surface area (Å²) in [6.07, 6.45) is 3.47. The number of hydrogen-bond donors (Lipinski definition) is 0. The molecule has 0 atom stereocenters. The van der Waals surface area contributed by atoms with Gasteiger partial charge in [-0.05, 0) is 42.7 Å². The molecule has 120 valence electrons. The van der Waals surface area contributed by atoms with E-state index in [1.54, 1.807) is 19.6 Å². The Labute approximate surface area is 143 Å². The lowest BCUT2D eigenvalue weighted by atomic mass is 9.95. The Morgan fingerprint density at radius 1 is 1.17 bits per heavy atom. The van der Waals surface area contributed by atoms with Crippen LogP contribution in [-0.4, -0.2) is 26.7 Å². The van der Waals surface area contributed by atoms with Gasteiger partial charge in [-0.3, -0.25) is 4.40 Å². The second-order valence-corrected chi connectivity index (χ2v) is 6.12. The highest BCUT2D eigenvalue weighted by atomic mass is 35.5. The van der Waals surface area contributed by atoms with E-state index in [9.17, 15) is 0 Å². The molecule has 0 saturated carbocycles. The minimum absolute atomic E-state index is 0.444. The van der Waals surface area contributed by atoms with Crippen molar-refractivity contribution in [2.45, 2.75) is 13.8 Å². The molecule has 6 heteroatoms. The van der Waals surface area contributed by atoms with Crippen LogP contribution >= 0.6 is 11.6 Å². The average molecular weight is 339 g/mol. The van der Waals surface area contributed by atoms with Crippen LogP contribution in [0.2, 0.25) is 5.15 Å². The van der Waals surface area contributed by atoms with Gasteiger partial charge in [0.2, 0.25) is 0 Å². The number of hydrogen-bond acceptors (Lipinski definition) is 4. The fraction of sp³-hybridized carbons (Fsp3) is 0.167. The summed E-state index contributed by atoms with van der Waals surface area (Å²) in [4.78, 5) is 4.20. The van der Waals surface area contributed by atoms with Gasteiger partial charge in [0.15, 0.2) is 5.65 Å². The number of pyridine rings is 2. The molecule has 0 aliphatic rings. The third-order valence-electron chi connectivity index (χ3n) is 4.34. The van der Waals surface area contributed by atoms with E-state index in [4.69, 9.17) is 16.3 Å². The van der Waals surface area contributed by atoms with Crippen molar-refractivity contribution in [2.75, 3.05) is 7.11 Å². The fourth-order valence-corrected chi connectivity index (χ4v) is 3.37. The molecule has 4 rings (SSSR count). The maximum atomic E-state index is 6.05. The maximum Gasteiger partial charge on any atom is 0.169 e. The zero-order chi connectivity index (χ0) is 16.8. The van der Waals surface area contributed by atoms with E-state index in [2.05, 4.69) is 41.2 Å². The smallest absolute Gasteiger partial charge is 0.169 e. The SMILES string of the molecule is COc1ccc(C)c(-c2cc3cnc(Cl)cc3n3cnnc23)c1C. The van der Waals surface area contributed by atoms with E-state index in [0.717, 1.165) is 44.6 Å². The minimum Gasteiger partial charge on any atom is -0.496 e. The molecule has 3 heterocycles. The number of fused-ring (bicyclic) bond motifs is 3. The van der Waals surface area contributed by atoms with Crippen molar-refractivity contribution in [3.63, 3.8) is 0 Å². The first-order chi connectivity index (χ1) is 11.6.